The van der Waals surface area contributed by atoms with Crippen LogP contribution in [-0.2, 0) is 14.3 Å². The first kappa shape index (κ1) is 28.9. The van der Waals surface area contributed by atoms with Crippen molar-refractivity contribution in [1.29, 1.82) is 0 Å². The summed E-state index contributed by atoms with van der Waals surface area (Å²) >= 11 is 0. The Balaban J connectivity index is 1.92. The van der Waals surface area contributed by atoms with Crippen LogP contribution in [0, 0.1) is 5.92 Å². The first-order chi connectivity index (χ1) is 18.2. The number of benzene rings is 2. The Hall–Kier alpha value is -3.63. The maximum Gasteiger partial charge on any atom is 0.257 e. The van der Waals surface area contributed by atoms with Crippen LogP contribution in [0.2, 0.25) is 0 Å². The van der Waals surface area contributed by atoms with E-state index in [0.717, 1.165) is 0 Å². The summed E-state index contributed by atoms with van der Waals surface area (Å²) in [6.45, 7) is 4.71. The first-order valence-electron chi connectivity index (χ1n) is 12.5. The van der Waals surface area contributed by atoms with Gasteiger partial charge in [-0.3, -0.25) is 14.4 Å². The molecule has 0 saturated heterocycles. The quantitative estimate of drug-likeness (QED) is 0.616. The van der Waals surface area contributed by atoms with Gasteiger partial charge in [-0.15, -0.1) is 0 Å². The van der Waals surface area contributed by atoms with E-state index in [-0.39, 0.29) is 49.0 Å². The van der Waals surface area contributed by atoms with Gasteiger partial charge in [0.25, 0.3) is 11.8 Å². The minimum absolute atomic E-state index is 0.0482. The van der Waals surface area contributed by atoms with Crippen LogP contribution >= 0.6 is 0 Å². The molecule has 0 aliphatic carbocycles. The van der Waals surface area contributed by atoms with Gasteiger partial charge in [-0.25, -0.2) is 0 Å². The van der Waals surface area contributed by atoms with E-state index in [1.54, 1.807) is 73.5 Å². The van der Waals surface area contributed by atoms with Gasteiger partial charge in [0.15, 0.2) is 0 Å². The van der Waals surface area contributed by atoms with Crippen molar-refractivity contribution in [3.05, 3.63) is 53.6 Å². The minimum Gasteiger partial charge on any atom is -0.497 e. The number of likely N-dealkylation sites (N-methyl/N-ethyl adjacent to an activating group) is 1. The van der Waals surface area contributed by atoms with Crippen molar-refractivity contribution in [2.75, 3.05) is 60.0 Å². The molecular formula is C28H37N3O7. The molecule has 10 nitrogen and oxygen atoms in total. The average Bonchev–Trinajstić information content (AvgIpc) is 2.92. The number of nitrogens with zero attached hydrogens (tertiary/aromatic N) is 2. The van der Waals surface area contributed by atoms with E-state index in [0.29, 0.717) is 41.4 Å². The van der Waals surface area contributed by atoms with E-state index in [4.69, 9.17) is 18.9 Å². The number of carbonyl (C=O) groups is 3. The molecule has 0 radical (unpaired) electrons. The zero-order chi connectivity index (χ0) is 27.8. The summed E-state index contributed by atoms with van der Waals surface area (Å²) < 4.78 is 22.1. The third-order valence-electron chi connectivity index (χ3n) is 6.64. The fourth-order valence-electron chi connectivity index (χ4n) is 4.35. The van der Waals surface area contributed by atoms with Gasteiger partial charge in [-0.05, 0) is 43.3 Å². The molecule has 3 rings (SSSR count). The van der Waals surface area contributed by atoms with Gasteiger partial charge in [0.2, 0.25) is 5.91 Å². The molecule has 1 aliphatic heterocycles. The second-order valence-electron chi connectivity index (χ2n) is 9.47. The lowest BCUT2D eigenvalue weighted by Gasteiger charge is -2.36. The van der Waals surface area contributed by atoms with Crippen LogP contribution in [0.15, 0.2) is 42.5 Å². The fraction of sp³-hybridized carbons (Fsp3) is 0.464. The van der Waals surface area contributed by atoms with E-state index in [1.807, 2.05) is 13.8 Å². The lowest BCUT2D eigenvalue weighted by molar-refractivity contribution is -0.139. The van der Waals surface area contributed by atoms with Crippen molar-refractivity contribution >= 4 is 23.4 Å². The number of anilines is 1. The van der Waals surface area contributed by atoms with Crippen LogP contribution in [0.25, 0.3) is 0 Å². The SMILES string of the molecule is COCC(=O)N1C[C@@H](C)[C@H](OC)CN(C)C(=O)c2ccc(NC(=O)c3ccc(OC)cc3)cc2OC[C@@H]1C. The predicted molar refractivity (Wildman–Crippen MR) is 143 cm³/mol. The number of nitrogens with one attached hydrogen (secondary N) is 1. The van der Waals surface area contributed by atoms with Crippen LogP contribution in [0.4, 0.5) is 5.69 Å². The topological polar surface area (TPSA) is 107 Å². The van der Waals surface area contributed by atoms with E-state index >= 15 is 0 Å². The van der Waals surface area contributed by atoms with Crippen molar-refractivity contribution in [1.82, 2.24) is 9.80 Å². The van der Waals surface area contributed by atoms with Crippen LogP contribution in [0.1, 0.15) is 34.6 Å². The van der Waals surface area contributed by atoms with Crippen LogP contribution in [0.5, 0.6) is 11.5 Å². The summed E-state index contributed by atoms with van der Waals surface area (Å²) in [5.41, 5.74) is 1.27. The van der Waals surface area contributed by atoms with Crippen molar-refractivity contribution in [2.45, 2.75) is 26.0 Å². The molecule has 1 heterocycles. The summed E-state index contributed by atoms with van der Waals surface area (Å²) in [5.74, 6) is 0.201. The van der Waals surface area contributed by atoms with Crippen LogP contribution in [-0.4, -0.2) is 94.3 Å². The number of carbonyl (C=O) groups excluding carboxylic acids is 3. The molecule has 0 spiro atoms. The Kier molecular flexibility index (Phi) is 10.1. The number of fused-ring (bicyclic) bond motifs is 1. The van der Waals surface area contributed by atoms with Crippen LogP contribution < -0.4 is 14.8 Å². The first-order valence-corrected chi connectivity index (χ1v) is 12.5. The molecule has 38 heavy (non-hydrogen) atoms. The maximum absolute atomic E-state index is 13.4. The largest absolute Gasteiger partial charge is 0.497 e. The van der Waals surface area contributed by atoms with Gasteiger partial charge in [0.1, 0.15) is 24.7 Å². The summed E-state index contributed by atoms with van der Waals surface area (Å²) in [6, 6.07) is 11.3. The predicted octanol–water partition coefficient (Wildman–Crippen LogP) is 2.93. The summed E-state index contributed by atoms with van der Waals surface area (Å²) in [6.07, 6.45) is -0.291. The highest BCUT2D eigenvalue weighted by molar-refractivity contribution is 6.05. The monoisotopic (exact) mass is 527 g/mol. The zero-order valence-electron chi connectivity index (χ0n) is 22.9. The number of hydrogen-bond donors (Lipinski definition) is 1. The van der Waals surface area contributed by atoms with E-state index in [2.05, 4.69) is 5.32 Å². The van der Waals surface area contributed by atoms with Crippen molar-refractivity contribution in [3.63, 3.8) is 0 Å². The molecule has 10 heteroatoms. The van der Waals surface area contributed by atoms with Gasteiger partial charge in [0, 0.05) is 57.6 Å². The normalized spacial score (nSPS) is 20.5. The second kappa shape index (κ2) is 13.3. The van der Waals surface area contributed by atoms with E-state index in [9.17, 15) is 14.4 Å². The van der Waals surface area contributed by atoms with Gasteiger partial charge in [0.05, 0.1) is 24.8 Å². The smallest absolute Gasteiger partial charge is 0.257 e. The molecule has 3 amide bonds. The highest BCUT2D eigenvalue weighted by atomic mass is 16.5. The lowest BCUT2D eigenvalue weighted by Crippen LogP contribution is -2.49. The Bertz CT molecular complexity index is 1120. The lowest BCUT2D eigenvalue weighted by atomic mass is 10.0. The second-order valence-corrected chi connectivity index (χ2v) is 9.47. The molecule has 2 aromatic rings. The maximum atomic E-state index is 13.4. The minimum atomic E-state index is -0.314. The molecular weight excluding hydrogens is 490 g/mol. The molecule has 3 atom stereocenters. The van der Waals surface area contributed by atoms with Crippen LogP contribution in [0.3, 0.4) is 0 Å². The Morgan fingerprint density at radius 2 is 1.76 bits per heavy atom. The molecule has 206 valence electrons. The van der Waals surface area contributed by atoms with E-state index in [1.165, 1.54) is 7.11 Å². The third-order valence-corrected chi connectivity index (χ3v) is 6.64. The standard InChI is InChI=1S/C28H37N3O7/c1-18-14-31(26(32)17-35-4)19(2)16-38-24-13-21(29-27(33)20-7-10-22(36-5)11-8-20)9-12-23(24)28(34)30(3)15-25(18)37-6/h7-13,18-19,25H,14-17H2,1-6H3,(H,29,33)/t18-,19+,25-/m1/s1. The summed E-state index contributed by atoms with van der Waals surface area (Å²) in [4.78, 5) is 42.3. The number of hydrogen-bond acceptors (Lipinski definition) is 7. The number of rotatable bonds is 6. The summed E-state index contributed by atoms with van der Waals surface area (Å²) in [7, 11) is 6.34. The van der Waals surface area contributed by atoms with Crippen molar-refractivity contribution in [2.24, 2.45) is 5.92 Å². The average molecular weight is 528 g/mol. The van der Waals surface area contributed by atoms with Gasteiger partial charge >= 0.3 is 0 Å². The number of ether oxygens (including phenoxy) is 4. The molecule has 0 saturated carbocycles. The molecule has 0 bridgehead atoms. The third kappa shape index (κ3) is 7.02. The summed E-state index contributed by atoms with van der Waals surface area (Å²) in [5, 5.41) is 2.85. The molecule has 1 aliphatic rings. The molecule has 1 N–H and O–H groups in total. The highest BCUT2D eigenvalue weighted by Crippen LogP contribution is 2.27. The van der Waals surface area contributed by atoms with Crippen molar-refractivity contribution in [3.8, 4) is 11.5 Å². The van der Waals surface area contributed by atoms with Gasteiger partial charge in [-0.1, -0.05) is 6.92 Å². The zero-order valence-corrected chi connectivity index (χ0v) is 22.9. The van der Waals surface area contributed by atoms with Crippen molar-refractivity contribution < 1.29 is 33.3 Å². The molecule has 0 aromatic heterocycles. The Labute approximate surface area is 223 Å². The van der Waals surface area contributed by atoms with E-state index < -0.39 is 0 Å². The van der Waals surface area contributed by atoms with Gasteiger partial charge in [-0.2, -0.15) is 0 Å². The van der Waals surface area contributed by atoms with Gasteiger partial charge < -0.3 is 34.1 Å². The Morgan fingerprint density at radius 1 is 1.05 bits per heavy atom. The number of amides is 3. The highest BCUT2D eigenvalue weighted by Gasteiger charge is 2.30. The number of methoxy groups -OCH3 is 3. The molecule has 2 aromatic carbocycles. The molecule has 0 fully saturated rings. The molecule has 0 unspecified atom stereocenters. The fourth-order valence-corrected chi connectivity index (χ4v) is 4.35. The Morgan fingerprint density at radius 3 is 2.39 bits per heavy atom.